The number of ketones is 1. The summed E-state index contributed by atoms with van der Waals surface area (Å²) in [5.74, 6) is -0.0144. The molecule has 0 amide bonds. The van der Waals surface area contributed by atoms with Crippen LogP contribution in [0.5, 0.6) is 0 Å². The van der Waals surface area contributed by atoms with Gasteiger partial charge in [0.25, 0.3) is 0 Å². The summed E-state index contributed by atoms with van der Waals surface area (Å²) in [7, 11) is 1.90. The first kappa shape index (κ1) is 13.1. The van der Waals surface area contributed by atoms with Crippen LogP contribution in [-0.4, -0.2) is 22.1 Å². The van der Waals surface area contributed by atoms with Gasteiger partial charge in [0, 0.05) is 36.7 Å². The lowest BCUT2D eigenvalue weighted by Gasteiger charge is -2.08. The SMILES string of the molecule is CC(=O)c1ccc(NCCc2cnn(C)c2)cc1N. The average molecular weight is 258 g/mol. The van der Waals surface area contributed by atoms with Crippen LogP contribution in [0.1, 0.15) is 22.8 Å². The first-order valence-electron chi connectivity index (χ1n) is 6.18. The highest BCUT2D eigenvalue weighted by Crippen LogP contribution is 2.18. The third-order valence-electron chi connectivity index (χ3n) is 2.93. The van der Waals surface area contributed by atoms with Gasteiger partial charge in [0.05, 0.1) is 6.20 Å². The number of Topliss-reactive ketones (excluding diaryl/α,β-unsaturated/α-hetero) is 1. The minimum absolute atomic E-state index is 0.0144. The lowest BCUT2D eigenvalue weighted by atomic mass is 10.1. The fourth-order valence-electron chi connectivity index (χ4n) is 1.95. The van der Waals surface area contributed by atoms with Crippen LogP contribution in [0.25, 0.3) is 0 Å². The van der Waals surface area contributed by atoms with Gasteiger partial charge < -0.3 is 11.1 Å². The monoisotopic (exact) mass is 258 g/mol. The number of rotatable bonds is 5. The molecule has 1 aromatic heterocycles. The van der Waals surface area contributed by atoms with Crippen molar-refractivity contribution in [3.63, 3.8) is 0 Å². The highest BCUT2D eigenvalue weighted by Gasteiger charge is 2.05. The van der Waals surface area contributed by atoms with Gasteiger partial charge in [-0.15, -0.1) is 0 Å². The van der Waals surface area contributed by atoms with E-state index in [1.165, 1.54) is 12.5 Å². The number of benzene rings is 1. The quantitative estimate of drug-likeness (QED) is 0.634. The van der Waals surface area contributed by atoms with E-state index in [4.69, 9.17) is 5.73 Å². The summed E-state index contributed by atoms with van der Waals surface area (Å²) in [5.41, 5.74) is 9.02. The second-order valence-corrected chi connectivity index (χ2v) is 4.56. The molecule has 1 heterocycles. The van der Waals surface area contributed by atoms with E-state index >= 15 is 0 Å². The lowest BCUT2D eigenvalue weighted by molar-refractivity contribution is 0.101. The molecule has 5 heteroatoms. The Labute approximate surface area is 112 Å². The van der Waals surface area contributed by atoms with Crippen LogP contribution in [0.2, 0.25) is 0 Å². The van der Waals surface area contributed by atoms with Gasteiger partial charge in [-0.1, -0.05) is 0 Å². The Kier molecular flexibility index (Phi) is 3.85. The number of aryl methyl sites for hydroxylation is 1. The van der Waals surface area contributed by atoms with Crippen LogP contribution < -0.4 is 11.1 Å². The summed E-state index contributed by atoms with van der Waals surface area (Å²) in [6, 6.07) is 5.42. The van der Waals surface area contributed by atoms with Crippen molar-refractivity contribution in [2.75, 3.05) is 17.6 Å². The summed E-state index contributed by atoms with van der Waals surface area (Å²) < 4.78 is 1.79. The molecular weight excluding hydrogens is 240 g/mol. The van der Waals surface area contributed by atoms with Gasteiger partial charge in [-0.2, -0.15) is 5.10 Å². The third kappa shape index (κ3) is 3.34. The maximum absolute atomic E-state index is 11.3. The van der Waals surface area contributed by atoms with Gasteiger partial charge in [0.2, 0.25) is 0 Å². The van der Waals surface area contributed by atoms with E-state index in [0.29, 0.717) is 11.3 Å². The minimum Gasteiger partial charge on any atom is -0.398 e. The molecule has 0 saturated heterocycles. The van der Waals surface area contributed by atoms with Crippen LogP contribution in [0.4, 0.5) is 11.4 Å². The molecule has 0 atom stereocenters. The van der Waals surface area contributed by atoms with E-state index in [1.807, 2.05) is 25.5 Å². The van der Waals surface area contributed by atoms with E-state index < -0.39 is 0 Å². The number of carbonyl (C=O) groups excluding carboxylic acids is 1. The number of aromatic nitrogens is 2. The molecule has 1 aromatic carbocycles. The molecule has 0 aliphatic carbocycles. The Morgan fingerprint density at radius 1 is 1.47 bits per heavy atom. The van der Waals surface area contributed by atoms with Crippen LogP contribution in [-0.2, 0) is 13.5 Å². The second-order valence-electron chi connectivity index (χ2n) is 4.56. The Morgan fingerprint density at radius 3 is 2.84 bits per heavy atom. The average Bonchev–Trinajstić information content (AvgIpc) is 2.75. The highest BCUT2D eigenvalue weighted by atomic mass is 16.1. The molecule has 0 spiro atoms. The highest BCUT2D eigenvalue weighted by molar-refractivity contribution is 5.99. The zero-order valence-electron chi connectivity index (χ0n) is 11.2. The molecule has 2 rings (SSSR count). The molecule has 0 radical (unpaired) electrons. The van der Waals surface area contributed by atoms with Crippen LogP contribution in [0.15, 0.2) is 30.6 Å². The molecule has 0 saturated carbocycles. The molecule has 0 fully saturated rings. The van der Waals surface area contributed by atoms with Crippen molar-refractivity contribution < 1.29 is 4.79 Å². The lowest BCUT2D eigenvalue weighted by Crippen LogP contribution is -2.06. The van der Waals surface area contributed by atoms with Crippen LogP contribution in [0.3, 0.4) is 0 Å². The smallest absolute Gasteiger partial charge is 0.161 e. The van der Waals surface area contributed by atoms with Gasteiger partial charge in [-0.05, 0) is 37.1 Å². The fourth-order valence-corrected chi connectivity index (χ4v) is 1.95. The normalized spacial score (nSPS) is 10.4. The first-order chi connectivity index (χ1) is 9.06. The number of anilines is 2. The van der Waals surface area contributed by atoms with Crippen molar-refractivity contribution in [3.05, 3.63) is 41.7 Å². The molecule has 0 aliphatic heterocycles. The minimum atomic E-state index is -0.0144. The van der Waals surface area contributed by atoms with Crippen molar-refractivity contribution in [1.29, 1.82) is 0 Å². The van der Waals surface area contributed by atoms with Gasteiger partial charge >= 0.3 is 0 Å². The predicted octanol–water partition coefficient (Wildman–Crippen LogP) is 1.86. The number of nitrogens with two attached hydrogens (primary N) is 1. The summed E-state index contributed by atoms with van der Waals surface area (Å²) in [5, 5.41) is 7.40. The molecule has 3 N–H and O–H groups in total. The van der Waals surface area contributed by atoms with Crippen LogP contribution in [0, 0.1) is 0 Å². The van der Waals surface area contributed by atoms with E-state index in [-0.39, 0.29) is 5.78 Å². The summed E-state index contributed by atoms with van der Waals surface area (Å²) in [6.07, 6.45) is 4.74. The third-order valence-corrected chi connectivity index (χ3v) is 2.93. The number of hydrogen-bond donors (Lipinski definition) is 2. The topological polar surface area (TPSA) is 72.9 Å². The predicted molar refractivity (Wildman–Crippen MR) is 76.3 cm³/mol. The van der Waals surface area contributed by atoms with Crippen molar-refractivity contribution in [2.45, 2.75) is 13.3 Å². The number of nitrogens with one attached hydrogen (secondary N) is 1. The largest absolute Gasteiger partial charge is 0.398 e. The van der Waals surface area contributed by atoms with Crippen molar-refractivity contribution in [2.24, 2.45) is 7.05 Å². The number of hydrogen-bond acceptors (Lipinski definition) is 4. The van der Waals surface area contributed by atoms with Crippen molar-refractivity contribution in [1.82, 2.24) is 9.78 Å². The molecule has 5 nitrogen and oxygen atoms in total. The molecule has 0 unspecified atom stereocenters. The molecule has 0 aliphatic rings. The summed E-state index contributed by atoms with van der Waals surface area (Å²) in [4.78, 5) is 11.3. The summed E-state index contributed by atoms with van der Waals surface area (Å²) >= 11 is 0. The molecular formula is C14H18N4O. The van der Waals surface area contributed by atoms with Gasteiger partial charge in [0.1, 0.15) is 0 Å². The standard InChI is InChI=1S/C14H18N4O/c1-10(19)13-4-3-12(7-14(13)15)16-6-5-11-8-17-18(2)9-11/h3-4,7-9,16H,5-6,15H2,1-2H3. The Bertz CT molecular complexity index is 589. The van der Waals surface area contributed by atoms with E-state index in [0.717, 1.165) is 18.7 Å². The zero-order chi connectivity index (χ0) is 13.8. The molecule has 100 valence electrons. The molecule has 19 heavy (non-hydrogen) atoms. The van der Waals surface area contributed by atoms with Crippen molar-refractivity contribution >= 4 is 17.2 Å². The zero-order valence-corrected chi connectivity index (χ0v) is 11.2. The Morgan fingerprint density at radius 2 is 2.26 bits per heavy atom. The van der Waals surface area contributed by atoms with Gasteiger partial charge in [0.15, 0.2) is 5.78 Å². The van der Waals surface area contributed by atoms with E-state index in [1.54, 1.807) is 16.8 Å². The van der Waals surface area contributed by atoms with E-state index in [9.17, 15) is 4.79 Å². The maximum atomic E-state index is 11.3. The van der Waals surface area contributed by atoms with Gasteiger partial charge in [-0.3, -0.25) is 9.48 Å². The second kappa shape index (κ2) is 5.56. The maximum Gasteiger partial charge on any atom is 0.161 e. The Balaban J connectivity index is 1.93. The fraction of sp³-hybridized carbons (Fsp3) is 0.286. The van der Waals surface area contributed by atoms with Crippen LogP contribution >= 0.6 is 0 Å². The molecule has 2 aromatic rings. The number of nitrogen functional groups attached to an aromatic ring is 1. The first-order valence-corrected chi connectivity index (χ1v) is 6.18. The summed E-state index contributed by atoms with van der Waals surface area (Å²) in [6.45, 7) is 2.31. The number of carbonyl (C=O) groups is 1. The Hall–Kier alpha value is -2.30. The molecule has 0 bridgehead atoms. The van der Waals surface area contributed by atoms with E-state index in [2.05, 4.69) is 10.4 Å². The number of nitrogens with zero attached hydrogens (tertiary/aromatic N) is 2. The van der Waals surface area contributed by atoms with Crippen molar-refractivity contribution in [3.8, 4) is 0 Å². The van der Waals surface area contributed by atoms with Gasteiger partial charge in [-0.25, -0.2) is 0 Å².